The van der Waals surface area contributed by atoms with E-state index in [0.29, 0.717) is 32.1 Å². The van der Waals surface area contributed by atoms with Crippen LogP contribution in [0.25, 0.3) is 0 Å². The number of aliphatic imine (C=N–C) groups is 1. The molecule has 1 amide bonds. The number of piperidine rings is 1. The van der Waals surface area contributed by atoms with Gasteiger partial charge in [-0.1, -0.05) is 6.07 Å². The average Bonchev–Trinajstić information content (AvgIpc) is 2.57. The first-order chi connectivity index (χ1) is 11.6. The van der Waals surface area contributed by atoms with Crippen molar-refractivity contribution in [2.24, 2.45) is 4.99 Å². The molecule has 2 rings (SSSR count). The quantitative estimate of drug-likeness (QED) is 0.544. The number of halogens is 1. The van der Waals surface area contributed by atoms with Crippen LogP contribution in [0.4, 0.5) is 4.39 Å². The molecule has 1 saturated heterocycles. The molecule has 0 spiro atoms. The third-order valence-electron chi connectivity index (χ3n) is 3.67. The zero-order valence-electron chi connectivity index (χ0n) is 14.2. The zero-order chi connectivity index (χ0) is 17.4. The maximum atomic E-state index is 13.9. The van der Waals surface area contributed by atoms with Crippen LogP contribution in [0.5, 0.6) is 5.75 Å². The van der Waals surface area contributed by atoms with Crippen molar-refractivity contribution in [3.8, 4) is 5.75 Å². The molecule has 1 heterocycles. The van der Waals surface area contributed by atoms with Gasteiger partial charge in [-0.2, -0.15) is 0 Å². The van der Waals surface area contributed by atoms with Crippen molar-refractivity contribution >= 4 is 11.9 Å². The lowest BCUT2D eigenvalue weighted by molar-refractivity contribution is -0.122. The third-order valence-corrected chi connectivity index (χ3v) is 3.67. The van der Waals surface area contributed by atoms with Gasteiger partial charge in [0.05, 0.1) is 13.2 Å². The molecule has 0 saturated carbocycles. The Kier molecular flexibility index (Phi) is 6.84. The molecule has 0 aliphatic carbocycles. The molecule has 3 N–H and O–H groups in total. The molecule has 7 heteroatoms. The topological polar surface area (TPSA) is 74.8 Å². The number of nitrogens with zero attached hydrogens (tertiary/aromatic N) is 1. The molecule has 0 radical (unpaired) electrons. The number of amides is 1. The monoisotopic (exact) mass is 336 g/mol. The lowest BCUT2D eigenvalue weighted by Crippen LogP contribution is -2.51. The van der Waals surface area contributed by atoms with E-state index in [1.54, 1.807) is 6.07 Å². The molecular weight excluding hydrogens is 311 g/mol. The van der Waals surface area contributed by atoms with Crippen molar-refractivity contribution in [3.63, 3.8) is 0 Å². The number of benzene rings is 1. The van der Waals surface area contributed by atoms with Gasteiger partial charge in [-0.05, 0) is 38.0 Å². The highest BCUT2D eigenvalue weighted by Crippen LogP contribution is 2.18. The van der Waals surface area contributed by atoms with E-state index in [2.05, 4.69) is 20.9 Å². The normalized spacial score (nSPS) is 18.0. The number of ether oxygens (including phenoxy) is 1. The fraction of sp³-hybridized carbons (Fsp3) is 0.529. The molecule has 1 atom stereocenters. The van der Waals surface area contributed by atoms with Crippen molar-refractivity contribution in [2.45, 2.75) is 39.3 Å². The number of carbonyl (C=O) groups excluding carboxylic acids is 1. The molecule has 1 fully saturated rings. The molecule has 24 heavy (non-hydrogen) atoms. The Morgan fingerprint density at radius 2 is 2.29 bits per heavy atom. The number of hydrogen-bond donors (Lipinski definition) is 3. The summed E-state index contributed by atoms with van der Waals surface area (Å²) in [6.45, 7) is 5.90. The van der Waals surface area contributed by atoms with Crippen molar-refractivity contribution in [2.75, 3.05) is 19.7 Å². The summed E-state index contributed by atoms with van der Waals surface area (Å²) in [6, 6.07) is 5.03. The number of nitrogens with one attached hydrogen (secondary N) is 3. The third kappa shape index (κ3) is 5.40. The smallest absolute Gasteiger partial charge is 0.220 e. The summed E-state index contributed by atoms with van der Waals surface area (Å²) in [7, 11) is 0. The molecule has 1 aliphatic rings. The van der Waals surface area contributed by atoms with E-state index in [4.69, 9.17) is 4.74 Å². The highest BCUT2D eigenvalue weighted by molar-refractivity contribution is 5.81. The molecule has 1 aromatic rings. The zero-order valence-corrected chi connectivity index (χ0v) is 14.2. The van der Waals surface area contributed by atoms with E-state index in [9.17, 15) is 9.18 Å². The first kappa shape index (κ1) is 18.0. The Hall–Kier alpha value is -2.31. The fourth-order valence-electron chi connectivity index (χ4n) is 2.45. The Morgan fingerprint density at radius 3 is 2.92 bits per heavy atom. The summed E-state index contributed by atoms with van der Waals surface area (Å²) in [6.07, 6.45) is 1.29. The molecule has 132 valence electrons. The highest BCUT2D eigenvalue weighted by Gasteiger charge is 2.18. The van der Waals surface area contributed by atoms with Gasteiger partial charge in [-0.3, -0.25) is 4.79 Å². The minimum atomic E-state index is -0.377. The van der Waals surface area contributed by atoms with Gasteiger partial charge >= 0.3 is 0 Å². The molecule has 0 aromatic heterocycles. The summed E-state index contributed by atoms with van der Waals surface area (Å²) < 4.78 is 19.1. The Balaban J connectivity index is 1.97. The van der Waals surface area contributed by atoms with Crippen molar-refractivity contribution in [1.29, 1.82) is 0 Å². The number of guanidine groups is 1. The van der Waals surface area contributed by atoms with E-state index >= 15 is 0 Å². The predicted molar refractivity (Wildman–Crippen MR) is 91.6 cm³/mol. The molecular formula is C17H25FN4O2. The van der Waals surface area contributed by atoms with E-state index in [0.717, 1.165) is 18.5 Å². The number of carbonyl (C=O) groups is 1. The van der Waals surface area contributed by atoms with Gasteiger partial charge in [0.1, 0.15) is 0 Å². The average molecular weight is 336 g/mol. The van der Waals surface area contributed by atoms with Crippen LogP contribution in [0.15, 0.2) is 23.2 Å². The molecule has 6 nitrogen and oxygen atoms in total. The summed E-state index contributed by atoms with van der Waals surface area (Å²) in [5, 5.41) is 9.30. The largest absolute Gasteiger partial charge is 0.491 e. The lowest BCUT2D eigenvalue weighted by Gasteiger charge is -2.25. The first-order valence-electron chi connectivity index (χ1n) is 8.35. The SMILES string of the molecule is CCNC(=NCc1ccc(OCC)c(F)c1)NC1CCC(=O)NC1. The molecule has 1 aromatic carbocycles. The minimum Gasteiger partial charge on any atom is -0.491 e. The van der Waals surface area contributed by atoms with E-state index in [-0.39, 0.29) is 23.5 Å². The Bertz CT molecular complexity index is 582. The van der Waals surface area contributed by atoms with Crippen molar-refractivity contribution < 1.29 is 13.9 Å². The van der Waals surface area contributed by atoms with Crippen molar-refractivity contribution in [1.82, 2.24) is 16.0 Å². The number of hydrogen-bond acceptors (Lipinski definition) is 3. The van der Waals surface area contributed by atoms with Crippen LogP contribution in [-0.2, 0) is 11.3 Å². The van der Waals surface area contributed by atoms with Crippen LogP contribution < -0.4 is 20.7 Å². The Labute approximate surface area is 141 Å². The van der Waals surface area contributed by atoms with E-state index in [1.807, 2.05) is 19.9 Å². The second kappa shape index (κ2) is 9.10. The summed E-state index contributed by atoms with van der Waals surface area (Å²) in [4.78, 5) is 15.7. The standard InChI is InChI=1S/C17H25FN4O2/c1-3-19-17(22-13-6-8-16(23)20-11-13)21-10-12-5-7-15(24-4-2)14(18)9-12/h5,7,9,13H,3-4,6,8,10-11H2,1-2H3,(H,20,23)(H2,19,21,22). The molecule has 0 bridgehead atoms. The van der Waals surface area contributed by atoms with Crippen LogP contribution in [0.2, 0.25) is 0 Å². The van der Waals surface area contributed by atoms with Gasteiger partial charge in [0, 0.05) is 25.6 Å². The van der Waals surface area contributed by atoms with Crippen LogP contribution in [0.1, 0.15) is 32.3 Å². The summed E-state index contributed by atoms with van der Waals surface area (Å²) in [5.41, 5.74) is 0.769. The van der Waals surface area contributed by atoms with Crippen LogP contribution in [0.3, 0.4) is 0 Å². The fourth-order valence-corrected chi connectivity index (χ4v) is 2.45. The lowest BCUT2D eigenvalue weighted by atomic mass is 10.1. The van der Waals surface area contributed by atoms with Gasteiger partial charge in [-0.15, -0.1) is 0 Å². The highest BCUT2D eigenvalue weighted by atomic mass is 19.1. The van der Waals surface area contributed by atoms with Gasteiger partial charge in [0.15, 0.2) is 17.5 Å². The predicted octanol–water partition coefficient (Wildman–Crippen LogP) is 1.56. The Morgan fingerprint density at radius 1 is 1.46 bits per heavy atom. The molecule has 1 unspecified atom stereocenters. The maximum absolute atomic E-state index is 13.9. The first-order valence-corrected chi connectivity index (χ1v) is 8.35. The van der Waals surface area contributed by atoms with Gasteiger partial charge in [-0.25, -0.2) is 9.38 Å². The van der Waals surface area contributed by atoms with E-state index in [1.165, 1.54) is 6.07 Å². The van der Waals surface area contributed by atoms with Gasteiger partial charge in [0.25, 0.3) is 0 Å². The van der Waals surface area contributed by atoms with E-state index < -0.39 is 0 Å². The molecule has 1 aliphatic heterocycles. The van der Waals surface area contributed by atoms with Crippen LogP contribution in [-0.4, -0.2) is 37.6 Å². The van der Waals surface area contributed by atoms with Crippen molar-refractivity contribution in [3.05, 3.63) is 29.6 Å². The minimum absolute atomic E-state index is 0.0832. The number of rotatable bonds is 6. The second-order valence-electron chi connectivity index (χ2n) is 5.58. The van der Waals surface area contributed by atoms with Crippen LogP contribution in [0, 0.1) is 5.82 Å². The summed E-state index contributed by atoms with van der Waals surface area (Å²) >= 11 is 0. The summed E-state index contributed by atoms with van der Waals surface area (Å²) in [5.74, 6) is 0.624. The van der Waals surface area contributed by atoms with Gasteiger partial charge < -0.3 is 20.7 Å². The van der Waals surface area contributed by atoms with Gasteiger partial charge in [0.2, 0.25) is 5.91 Å². The van der Waals surface area contributed by atoms with Crippen LogP contribution >= 0.6 is 0 Å². The second-order valence-corrected chi connectivity index (χ2v) is 5.58. The maximum Gasteiger partial charge on any atom is 0.220 e.